The van der Waals surface area contributed by atoms with Crippen LogP contribution in [0.5, 0.6) is 0 Å². The van der Waals surface area contributed by atoms with E-state index in [9.17, 15) is 4.79 Å². The fraction of sp³-hybridized carbons (Fsp3) is 0.750. The highest BCUT2D eigenvalue weighted by atomic mass is 16.1. The molecule has 14 heavy (non-hydrogen) atoms. The molecule has 0 aromatic carbocycles. The first-order valence-electron chi connectivity index (χ1n) is 5.42. The number of nitrogens with zero attached hydrogens (tertiary/aromatic N) is 1. The molecular weight excluding hydrogens is 174 g/mol. The van der Waals surface area contributed by atoms with Crippen LogP contribution in [0.25, 0.3) is 0 Å². The van der Waals surface area contributed by atoms with Crippen LogP contribution in [0.2, 0.25) is 0 Å². The lowest BCUT2D eigenvalue weighted by atomic mass is 10.2. The van der Waals surface area contributed by atoms with Crippen LogP contribution in [0.3, 0.4) is 0 Å². The molecule has 1 amide bonds. The molecule has 0 aliphatic carbocycles. The molecule has 0 atom stereocenters. The lowest BCUT2D eigenvalue weighted by molar-refractivity contribution is -0.117. The maximum Gasteiger partial charge on any atom is 0.209 e. The van der Waals surface area contributed by atoms with E-state index in [1.54, 1.807) is 4.90 Å². The number of carbonyl (C=O) groups excluding carboxylic acids is 1. The van der Waals surface area contributed by atoms with Crippen molar-refractivity contribution in [3.63, 3.8) is 0 Å². The van der Waals surface area contributed by atoms with Gasteiger partial charge in [0.1, 0.15) is 0 Å². The van der Waals surface area contributed by atoms with Gasteiger partial charge in [0.2, 0.25) is 6.41 Å². The Labute approximate surface area is 87.7 Å². The van der Waals surface area contributed by atoms with Gasteiger partial charge >= 0.3 is 0 Å². The van der Waals surface area contributed by atoms with Gasteiger partial charge in [-0.2, -0.15) is 0 Å². The molecule has 0 aliphatic rings. The summed E-state index contributed by atoms with van der Waals surface area (Å²) in [5, 5.41) is 0. The number of hydrogen-bond donors (Lipinski definition) is 0. The van der Waals surface area contributed by atoms with E-state index in [0.717, 1.165) is 45.1 Å². The Kier molecular flexibility index (Phi) is 9.41. The SMILES string of the molecule is CCCC#CCCCCCN(C)C=O. The van der Waals surface area contributed by atoms with Crippen molar-refractivity contribution in [3.05, 3.63) is 0 Å². The van der Waals surface area contributed by atoms with Gasteiger partial charge in [-0.1, -0.05) is 13.3 Å². The van der Waals surface area contributed by atoms with Crippen LogP contribution in [-0.2, 0) is 4.79 Å². The highest BCUT2D eigenvalue weighted by Gasteiger charge is 1.92. The van der Waals surface area contributed by atoms with Crippen molar-refractivity contribution in [2.75, 3.05) is 13.6 Å². The zero-order valence-electron chi connectivity index (χ0n) is 9.38. The third-order valence-electron chi connectivity index (χ3n) is 1.99. The van der Waals surface area contributed by atoms with E-state index in [-0.39, 0.29) is 0 Å². The summed E-state index contributed by atoms with van der Waals surface area (Å²) < 4.78 is 0. The minimum absolute atomic E-state index is 0.867. The smallest absolute Gasteiger partial charge is 0.209 e. The number of unbranched alkanes of at least 4 members (excludes halogenated alkanes) is 4. The Morgan fingerprint density at radius 1 is 1.14 bits per heavy atom. The van der Waals surface area contributed by atoms with Crippen molar-refractivity contribution >= 4 is 6.41 Å². The highest BCUT2D eigenvalue weighted by Crippen LogP contribution is 1.99. The second-order valence-electron chi connectivity index (χ2n) is 3.50. The quantitative estimate of drug-likeness (QED) is 0.347. The van der Waals surface area contributed by atoms with Crippen LogP contribution in [0, 0.1) is 11.8 Å². The number of hydrogen-bond acceptors (Lipinski definition) is 1. The van der Waals surface area contributed by atoms with E-state index in [1.807, 2.05) is 7.05 Å². The monoisotopic (exact) mass is 195 g/mol. The Hall–Kier alpha value is -0.970. The van der Waals surface area contributed by atoms with Gasteiger partial charge in [-0.3, -0.25) is 4.79 Å². The van der Waals surface area contributed by atoms with Crippen LogP contribution in [-0.4, -0.2) is 24.9 Å². The second kappa shape index (κ2) is 10.1. The van der Waals surface area contributed by atoms with E-state index >= 15 is 0 Å². The third kappa shape index (κ3) is 9.12. The van der Waals surface area contributed by atoms with Crippen LogP contribution >= 0.6 is 0 Å². The van der Waals surface area contributed by atoms with Gasteiger partial charge in [0, 0.05) is 26.4 Å². The maximum atomic E-state index is 10.2. The summed E-state index contributed by atoms with van der Waals surface area (Å²) in [6, 6.07) is 0. The van der Waals surface area contributed by atoms with Crippen molar-refractivity contribution in [1.82, 2.24) is 4.90 Å². The molecule has 0 aliphatic heterocycles. The summed E-state index contributed by atoms with van der Waals surface area (Å²) in [7, 11) is 1.81. The molecule has 0 radical (unpaired) electrons. The van der Waals surface area contributed by atoms with Gasteiger partial charge in [0.25, 0.3) is 0 Å². The zero-order chi connectivity index (χ0) is 10.6. The topological polar surface area (TPSA) is 20.3 Å². The molecule has 0 aromatic rings. The summed E-state index contributed by atoms with van der Waals surface area (Å²) in [5.41, 5.74) is 0. The number of amides is 1. The van der Waals surface area contributed by atoms with Crippen LogP contribution in [0.4, 0.5) is 0 Å². The summed E-state index contributed by atoms with van der Waals surface area (Å²) in [4.78, 5) is 11.9. The van der Waals surface area contributed by atoms with Gasteiger partial charge < -0.3 is 4.90 Å². The van der Waals surface area contributed by atoms with Gasteiger partial charge in [0.05, 0.1) is 0 Å². The Balaban J connectivity index is 3.14. The predicted octanol–water partition coefficient (Wildman–Crippen LogP) is 2.44. The van der Waals surface area contributed by atoms with E-state index in [4.69, 9.17) is 0 Å². The molecule has 2 heteroatoms. The van der Waals surface area contributed by atoms with Crippen molar-refractivity contribution in [3.8, 4) is 11.8 Å². The molecule has 2 nitrogen and oxygen atoms in total. The predicted molar refractivity (Wildman–Crippen MR) is 59.8 cm³/mol. The maximum absolute atomic E-state index is 10.2. The van der Waals surface area contributed by atoms with Crippen molar-refractivity contribution in [1.29, 1.82) is 0 Å². The molecule has 0 saturated heterocycles. The average Bonchev–Trinajstić information content (AvgIpc) is 2.21. The molecule has 0 unspecified atom stereocenters. The van der Waals surface area contributed by atoms with Crippen molar-refractivity contribution in [2.45, 2.75) is 45.4 Å². The van der Waals surface area contributed by atoms with E-state index in [2.05, 4.69) is 18.8 Å². The third-order valence-corrected chi connectivity index (χ3v) is 1.99. The molecule has 0 spiro atoms. The van der Waals surface area contributed by atoms with Crippen molar-refractivity contribution in [2.24, 2.45) is 0 Å². The molecular formula is C12H21NO. The lowest BCUT2D eigenvalue weighted by Crippen LogP contribution is -2.16. The number of rotatable bonds is 7. The van der Waals surface area contributed by atoms with Crippen LogP contribution in [0.1, 0.15) is 45.4 Å². The van der Waals surface area contributed by atoms with Crippen LogP contribution in [0.15, 0.2) is 0 Å². The Bertz CT molecular complexity index is 190. The van der Waals surface area contributed by atoms with Gasteiger partial charge in [0.15, 0.2) is 0 Å². The second-order valence-corrected chi connectivity index (χ2v) is 3.50. The average molecular weight is 195 g/mol. The molecule has 0 fully saturated rings. The molecule has 0 heterocycles. The van der Waals surface area contributed by atoms with E-state index in [0.29, 0.717) is 0 Å². The minimum atomic E-state index is 0.867. The molecule has 0 aromatic heterocycles. The minimum Gasteiger partial charge on any atom is -0.348 e. The van der Waals surface area contributed by atoms with E-state index in [1.165, 1.54) is 6.42 Å². The van der Waals surface area contributed by atoms with Crippen LogP contribution < -0.4 is 0 Å². The Morgan fingerprint density at radius 2 is 1.86 bits per heavy atom. The van der Waals surface area contributed by atoms with E-state index < -0.39 is 0 Å². The fourth-order valence-corrected chi connectivity index (χ4v) is 1.11. The van der Waals surface area contributed by atoms with Gasteiger partial charge in [-0.15, -0.1) is 11.8 Å². The molecule has 80 valence electrons. The summed E-state index contributed by atoms with van der Waals surface area (Å²) in [6.45, 7) is 3.01. The van der Waals surface area contributed by atoms with Crippen molar-refractivity contribution < 1.29 is 4.79 Å². The molecule has 0 saturated carbocycles. The molecule has 0 bridgehead atoms. The fourth-order valence-electron chi connectivity index (χ4n) is 1.11. The molecule has 0 N–H and O–H groups in total. The van der Waals surface area contributed by atoms with Gasteiger partial charge in [-0.25, -0.2) is 0 Å². The standard InChI is InChI=1S/C12H21NO/c1-3-4-5-6-7-8-9-10-11-13(2)12-14/h12H,3-4,7-11H2,1-2H3. The summed E-state index contributed by atoms with van der Waals surface area (Å²) >= 11 is 0. The first kappa shape index (κ1) is 13.0. The summed E-state index contributed by atoms with van der Waals surface area (Å²) in [6.07, 6.45) is 7.46. The molecule has 0 rings (SSSR count). The zero-order valence-corrected chi connectivity index (χ0v) is 9.38. The first-order chi connectivity index (χ1) is 6.81. The normalized spacial score (nSPS) is 9.00. The lowest BCUT2D eigenvalue weighted by Gasteiger charge is -2.08. The number of carbonyl (C=O) groups is 1. The summed E-state index contributed by atoms with van der Waals surface area (Å²) in [5.74, 6) is 6.28. The largest absolute Gasteiger partial charge is 0.348 e. The highest BCUT2D eigenvalue weighted by molar-refractivity contribution is 5.46. The van der Waals surface area contributed by atoms with Gasteiger partial charge in [-0.05, 0) is 19.3 Å². The Morgan fingerprint density at radius 3 is 2.50 bits per heavy atom. The first-order valence-corrected chi connectivity index (χ1v) is 5.42.